The summed E-state index contributed by atoms with van der Waals surface area (Å²) < 4.78 is 0.836. The number of para-hydroxylation sites is 1. The molecule has 0 atom stereocenters. The van der Waals surface area contributed by atoms with Crippen LogP contribution < -0.4 is 0 Å². The van der Waals surface area contributed by atoms with Crippen molar-refractivity contribution in [1.29, 1.82) is 0 Å². The van der Waals surface area contributed by atoms with Gasteiger partial charge in [-0.1, -0.05) is 141 Å². The Morgan fingerprint density at radius 3 is 1.92 bits per heavy atom. The molecule has 2 aromatic carbocycles. The van der Waals surface area contributed by atoms with Gasteiger partial charge in [-0.05, 0) is 72.8 Å². The van der Waals surface area contributed by atoms with E-state index >= 15 is 0 Å². The lowest BCUT2D eigenvalue weighted by atomic mass is 9.97. The maximum absolute atomic E-state index is 9.94. The molecule has 0 aliphatic rings. The Labute approximate surface area is 250 Å². The van der Waals surface area contributed by atoms with Crippen molar-refractivity contribution in [2.45, 2.75) is 107 Å². The van der Waals surface area contributed by atoms with Gasteiger partial charge in [0.2, 0.25) is 0 Å². The highest BCUT2D eigenvalue weighted by Gasteiger charge is 2.07. The second-order valence-corrected chi connectivity index (χ2v) is 10.3. The van der Waals surface area contributed by atoms with E-state index in [1.165, 1.54) is 50.5 Å². The summed E-state index contributed by atoms with van der Waals surface area (Å²) >= 11 is 3.40. The van der Waals surface area contributed by atoms with Gasteiger partial charge < -0.3 is 5.11 Å². The number of halogens is 1. The number of benzene rings is 2. The van der Waals surface area contributed by atoms with Gasteiger partial charge in [0.1, 0.15) is 5.75 Å². The van der Waals surface area contributed by atoms with Gasteiger partial charge in [0, 0.05) is 10.0 Å². The van der Waals surface area contributed by atoms with Crippen LogP contribution in [-0.4, -0.2) is 10.8 Å². The first-order valence-corrected chi connectivity index (χ1v) is 15.6. The number of nitrogens with zero attached hydrogens (tertiary/aromatic N) is 1. The predicted octanol–water partition coefficient (Wildman–Crippen LogP) is 12.2. The summed E-state index contributed by atoms with van der Waals surface area (Å²) in [5, 5.41) is 9.94. The van der Waals surface area contributed by atoms with Crippen LogP contribution in [0.1, 0.15) is 112 Å². The minimum absolute atomic E-state index is 0.223. The third-order valence-corrected chi connectivity index (χ3v) is 6.82. The van der Waals surface area contributed by atoms with Gasteiger partial charge in [0.25, 0.3) is 0 Å². The van der Waals surface area contributed by atoms with E-state index < -0.39 is 0 Å². The smallest absolute Gasteiger partial charge is 0.124 e. The van der Waals surface area contributed by atoms with Crippen LogP contribution in [0, 0.1) is 5.92 Å². The number of rotatable bonds is 11. The van der Waals surface area contributed by atoms with Gasteiger partial charge in [-0.15, -0.1) is 0 Å². The van der Waals surface area contributed by atoms with E-state index in [-0.39, 0.29) is 5.75 Å². The van der Waals surface area contributed by atoms with E-state index in [1.54, 1.807) is 18.2 Å². The first-order valence-electron chi connectivity index (χ1n) is 14.8. The van der Waals surface area contributed by atoms with Gasteiger partial charge >= 0.3 is 0 Å². The van der Waals surface area contributed by atoms with Crippen molar-refractivity contribution in [3.05, 3.63) is 100 Å². The SMILES string of the molecule is C=C/C(Br)=C(\C)N=C(C=C(C)C)c1ccccc1O.CC.CCCCC(CC)CC.CCCc1ccccc1. The molecule has 218 valence electrons. The highest BCUT2D eigenvalue weighted by atomic mass is 79.9. The number of unbranched alkanes of at least 4 members (excludes halogenated alkanes) is 1. The van der Waals surface area contributed by atoms with Crippen molar-refractivity contribution in [1.82, 2.24) is 0 Å². The number of hydrogen-bond acceptors (Lipinski definition) is 2. The number of phenolic OH excluding ortho intramolecular Hbond substituents is 1. The zero-order valence-corrected chi connectivity index (χ0v) is 27.9. The molecule has 0 unspecified atom stereocenters. The first-order chi connectivity index (χ1) is 18.7. The molecule has 0 bridgehead atoms. The standard InChI is InChI=1S/C16H18BrNO.C9H12.C9H20.C2H6/c1-5-14(17)12(4)18-15(10-11(2)3)13-8-6-7-9-16(13)19;1-2-6-9-7-4-3-5-8-9;1-4-7-8-9(5-2)6-3;1-2/h5-10,19H,1H2,2-4H3;3-5,7-8H,2,6H2,1H3;9H,4-8H2,1-3H3;1-2H3/b14-12-,18-15?;;;. The minimum Gasteiger partial charge on any atom is -0.507 e. The molecule has 3 heteroatoms. The number of aryl methyl sites for hydroxylation is 1. The Morgan fingerprint density at radius 1 is 0.897 bits per heavy atom. The van der Waals surface area contributed by atoms with Crippen LogP contribution in [0.5, 0.6) is 5.75 Å². The highest BCUT2D eigenvalue weighted by molar-refractivity contribution is 9.11. The minimum atomic E-state index is 0.223. The molecule has 0 aliphatic carbocycles. The lowest BCUT2D eigenvalue weighted by Crippen LogP contribution is -1.99. The van der Waals surface area contributed by atoms with Gasteiger partial charge in [0.15, 0.2) is 0 Å². The molecule has 0 aromatic heterocycles. The van der Waals surface area contributed by atoms with Gasteiger partial charge in [0.05, 0.1) is 11.4 Å². The largest absolute Gasteiger partial charge is 0.507 e. The van der Waals surface area contributed by atoms with Crippen molar-refractivity contribution >= 4 is 21.6 Å². The zero-order chi connectivity index (χ0) is 30.1. The topological polar surface area (TPSA) is 32.6 Å². The lowest BCUT2D eigenvalue weighted by Gasteiger charge is -2.09. The van der Waals surface area contributed by atoms with Crippen molar-refractivity contribution in [2.24, 2.45) is 10.9 Å². The fourth-order valence-electron chi connectivity index (χ4n) is 3.64. The molecule has 2 nitrogen and oxygen atoms in total. The molecule has 0 amide bonds. The first kappa shape index (κ1) is 38.8. The predicted molar refractivity (Wildman–Crippen MR) is 181 cm³/mol. The fourth-order valence-corrected chi connectivity index (χ4v) is 3.73. The molecule has 0 fully saturated rings. The molecule has 0 aliphatic heterocycles. The third-order valence-electron chi connectivity index (χ3n) is 5.92. The lowest BCUT2D eigenvalue weighted by molar-refractivity contribution is 0.438. The molecule has 0 saturated carbocycles. The zero-order valence-electron chi connectivity index (χ0n) is 26.4. The Kier molecular flexibility index (Phi) is 25.7. The summed E-state index contributed by atoms with van der Waals surface area (Å²) in [5.74, 6) is 1.23. The summed E-state index contributed by atoms with van der Waals surface area (Å²) in [6.07, 6.45) is 13.1. The summed E-state index contributed by atoms with van der Waals surface area (Å²) in [6, 6.07) is 17.8. The summed E-state index contributed by atoms with van der Waals surface area (Å²) in [5.41, 5.74) is 4.82. The number of aliphatic imine (C=N–C) groups is 1. The van der Waals surface area contributed by atoms with Crippen LogP contribution in [0.25, 0.3) is 0 Å². The van der Waals surface area contributed by atoms with Crippen LogP contribution in [0.15, 0.2) is 94.1 Å². The molecule has 0 radical (unpaired) electrons. The Hall–Kier alpha value is -2.39. The highest BCUT2D eigenvalue weighted by Crippen LogP contribution is 2.21. The second kappa shape index (κ2) is 25.9. The van der Waals surface area contributed by atoms with Crippen molar-refractivity contribution < 1.29 is 5.11 Å². The average Bonchev–Trinajstić information content (AvgIpc) is 2.95. The molecule has 2 rings (SSSR count). The Balaban J connectivity index is 0. The molecular formula is C36H56BrNO. The van der Waals surface area contributed by atoms with E-state index in [9.17, 15) is 5.11 Å². The molecule has 2 aromatic rings. The van der Waals surface area contributed by atoms with Crippen LogP contribution in [0.4, 0.5) is 0 Å². The monoisotopic (exact) mass is 597 g/mol. The van der Waals surface area contributed by atoms with Crippen LogP contribution in [-0.2, 0) is 6.42 Å². The van der Waals surface area contributed by atoms with Gasteiger partial charge in [-0.2, -0.15) is 0 Å². The van der Waals surface area contributed by atoms with E-state index in [0.29, 0.717) is 5.56 Å². The van der Waals surface area contributed by atoms with E-state index in [0.717, 1.165) is 27.4 Å². The van der Waals surface area contributed by atoms with Crippen molar-refractivity contribution in [3.63, 3.8) is 0 Å². The van der Waals surface area contributed by atoms with E-state index in [2.05, 4.69) is 85.5 Å². The molecule has 0 heterocycles. The summed E-state index contributed by atoms with van der Waals surface area (Å²) in [6.45, 7) is 22.6. The quantitative estimate of drug-likeness (QED) is 0.203. The second-order valence-electron chi connectivity index (χ2n) is 9.43. The van der Waals surface area contributed by atoms with E-state index in [1.807, 2.05) is 52.8 Å². The van der Waals surface area contributed by atoms with Gasteiger partial charge in [-0.25, -0.2) is 0 Å². The van der Waals surface area contributed by atoms with Crippen LogP contribution in [0.2, 0.25) is 0 Å². The number of aromatic hydroxyl groups is 1. The molecule has 0 saturated heterocycles. The van der Waals surface area contributed by atoms with Crippen LogP contribution >= 0.6 is 15.9 Å². The molecule has 0 spiro atoms. The normalized spacial score (nSPS) is 11.0. The Bertz CT molecular complexity index is 965. The third kappa shape index (κ3) is 19.3. The number of allylic oxidation sites excluding steroid dienone is 5. The van der Waals surface area contributed by atoms with Crippen molar-refractivity contribution in [3.8, 4) is 5.75 Å². The van der Waals surface area contributed by atoms with E-state index in [4.69, 9.17) is 0 Å². The summed E-state index contributed by atoms with van der Waals surface area (Å²) in [7, 11) is 0. The van der Waals surface area contributed by atoms with Crippen molar-refractivity contribution in [2.75, 3.05) is 0 Å². The number of phenols is 1. The Morgan fingerprint density at radius 2 is 1.46 bits per heavy atom. The molecule has 39 heavy (non-hydrogen) atoms. The molecular weight excluding hydrogens is 542 g/mol. The van der Waals surface area contributed by atoms with Gasteiger partial charge in [-0.3, -0.25) is 4.99 Å². The summed E-state index contributed by atoms with van der Waals surface area (Å²) in [4.78, 5) is 4.56. The number of hydrogen-bond donors (Lipinski definition) is 1. The fraction of sp³-hybridized carbons (Fsp3) is 0.472. The molecule has 1 N–H and O–H groups in total. The maximum atomic E-state index is 9.94. The van der Waals surface area contributed by atoms with Crippen LogP contribution in [0.3, 0.4) is 0 Å². The maximum Gasteiger partial charge on any atom is 0.124 e. The average molecular weight is 599 g/mol.